The first-order valence-corrected chi connectivity index (χ1v) is 9.45. The summed E-state index contributed by atoms with van der Waals surface area (Å²) in [6.45, 7) is 4.40. The molecule has 136 valence electrons. The predicted molar refractivity (Wildman–Crippen MR) is 103 cm³/mol. The van der Waals surface area contributed by atoms with Gasteiger partial charge in [-0.2, -0.15) is 9.78 Å². The van der Waals surface area contributed by atoms with Crippen molar-refractivity contribution in [2.24, 2.45) is 5.92 Å². The number of hydrogen-bond donors (Lipinski definition) is 0. The third-order valence-corrected chi connectivity index (χ3v) is 5.63. The molecule has 1 saturated heterocycles. The van der Waals surface area contributed by atoms with Crippen LogP contribution in [0.1, 0.15) is 42.0 Å². The molecule has 1 fully saturated rings. The van der Waals surface area contributed by atoms with Crippen molar-refractivity contribution in [3.63, 3.8) is 0 Å². The number of benzene rings is 3. The van der Waals surface area contributed by atoms with Crippen molar-refractivity contribution < 1.29 is 14.5 Å². The zero-order chi connectivity index (χ0) is 18.5. The molecule has 1 unspecified atom stereocenters. The lowest BCUT2D eigenvalue weighted by Crippen LogP contribution is -2.45. The highest BCUT2D eigenvalue weighted by Gasteiger charge is 2.65. The van der Waals surface area contributed by atoms with Crippen molar-refractivity contribution in [3.05, 3.63) is 107 Å². The van der Waals surface area contributed by atoms with Crippen LogP contribution in [0.2, 0.25) is 0 Å². The van der Waals surface area contributed by atoms with Gasteiger partial charge in [0.25, 0.3) is 5.79 Å². The van der Waals surface area contributed by atoms with Gasteiger partial charge in [-0.1, -0.05) is 98.8 Å². The SMILES string of the molecule is CC(C)C1c2ccccc2[C@@]2(c3ccccc3)OO[C@]1(c1ccccc1)O2. The second-order valence-corrected chi connectivity index (χ2v) is 7.59. The van der Waals surface area contributed by atoms with E-state index in [1.807, 2.05) is 66.7 Å². The van der Waals surface area contributed by atoms with Gasteiger partial charge in [-0.05, 0) is 11.5 Å². The predicted octanol–water partition coefficient (Wildman–Crippen LogP) is 5.47. The summed E-state index contributed by atoms with van der Waals surface area (Å²) in [4.78, 5) is 12.2. The Kier molecular flexibility index (Phi) is 3.73. The van der Waals surface area contributed by atoms with Gasteiger partial charge in [0.2, 0.25) is 5.79 Å². The van der Waals surface area contributed by atoms with Gasteiger partial charge in [0.1, 0.15) is 0 Å². The number of rotatable bonds is 3. The average Bonchev–Trinajstić information content (AvgIpc) is 3.07. The first-order valence-electron chi connectivity index (χ1n) is 9.45. The van der Waals surface area contributed by atoms with Crippen LogP contribution in [0, 0.1) is 5.92 Å². The first kappa shape index (κ1) is 16.7. The maximum Gasteiger partial charge on any atom is 0.257 e. The van der Waals surface area contributed by atoms with E-state index in [0.717, 1.165) is 16.7 Å². The molecule has 0 spiro atoms. The van der Waals surface area contributed by atoms with Gasteiger partial charge in [-0.25, -0.2) is 0 Å². The van der Waals surface area contributed by atoms with Gasteiger partial charge in [-0.15, -0.1) is 0 Å². The summed E-state index contributed by atoms with van der Waals surface area (Å²) < 4.78 is 6.80. The molecule has 5 rings (SSSR count). The van der Waals surface area contributed by atoms with Crippen LogP contribution < -0.4 is 0 Å². The zero-order valence-corrected chi connectivity index (χ0v) is 15.5. The van der Waals surface area contributed by atoms with Crippen molar-refractivity contribution in [2.75, 3.05) is 0 Å². The Morgan fingerprint density at radius 2 is 1.30 bits per heavy atom. The molecule has 0 N–H and O–H groups in total. The monoisotopic (exact) mass is 358 g/mol. The molecule has 0 saturated carbocycles. The van der Waals surface area contributed by atoms with Gasteiger partial charge in [-0.3, -0.25) is 4.74 Å². The molecule has 2 bridgehead atoms. The maximum atomic E-state index is 6.80. The van der Waals surface area contributed by atoms with Gasteiger partial charge in [0.15, 0.2) is 0 Å². The van der Waals surface area contributed by atoms with Crippen LogP contribution >= 0.6 is 0 Å². The maximum absolute atomic E-state index is 6.80. The molecule has 2 aliphatic rings. The summed E-state index contributed by atoms with van der Waals surface area (Å²) in [6, 6.07) is 28.5. The molecular formula is C24H22O3. The highest BCUT2D eigenvalue weighted by molar-refractivity contribution is 5.47. The van der Waals surface area contributed by atoms with E-state index in [4.69, 9.17) is 14.5 Å². The van der Waals surface area contributed by atoms with E-state index in [-0.39, 0.29) is 5.92 Å². The minimum Gasteiger partial charge on any atom is -0.300 e. The lowest BCUT2D eigenvalue weighted by molar-refractivity contribution is -0.353. The van der Waals surface area contributed by atoms with Gasteiger partial charge in [0, 0.05) is 22.6 Å². The van der Waals surface area contributed by atoms with Crippen LogP contribution in [0.5, 0.6) is 0 Å². The summed E-state index contributed by atoms with van der Waals surface area (Å²) >= 11 is 0. The Morgan fingerprint density at radius 3 is 1.96 bits per heavy atom. The van der Waals surface area contributed by atoms with Crippen LogP contribution in [0.15, 0.2) is 84.9 Å². The Labute approximate surface area is 159 Å². The third kappa shape index (κ3) is 2.26. The normalized spacial score (nSPS) is 28.9. The van der Waals surface area contributed by atoms with Crippen LogP contribution in [0.3, 0.4) is 0 Å². The quantitative estimate of drug-likeness (QED) is 0.581. The number of hydrogen-bond acceptors (Lipinski definition) is 3. The largest absolute Gasteiger partial charge is 0.300 e. The van der Waals surface area contributed by atoms with Gasteiger partial charge in [0.05, 0.1) is 0 Å². The van der Waals surface area contributed by atoms with Crippen molar-refractivity contribution >= 4 is 0 Å². The van der Waals surface area contributed by atoms with Crippen LogP contribution in [-0.4, -0.2) is 0 Å². The second kappa shape index (κ2) is 6.03. The summed E-state index contributed by atoms with van der Waals surface area (Å²) in [5.74, 6) is -1.75. The summed E-state index contributed by atoms with van der Waals surface area (Å²) in [5.41, 5.74) is 4.12. The van der Waals surface area contributed by atoms with E-state index in [2.05, 4.69) is 32.0 Å². The van der Waals surface area contributed by atoms with Crippen molar-refractivity contribution in [3.8, 4) is 0 Å². The highest BCUT2D eigenvalue weighted by atomic mass is 17.3. The molecule has 0 amide bonds. The molecule has 2 aliphatic heterocycles. The number of fused-ring (bicyclic) bond motifs is 4. The fourth-order valence-electron chi connectivity index (χ4n) is 4.53. The van der Waals surface area contributed by atoms with Crippen molar-refractivity contribution in [2.45, 2.75) is 31.3 Å². The van der Waals surface area contributed by atoms with E-state index in [9.17, 15) is 0 Å². The van der Waals surface area contributed by atoms with Crippen LogP contribution in [-0.2, 0) is 26.1 Å². The molecule has 3 heteroatoms. The molecule has 0 aromatic heterocycles. The number of ether oxygens (including phenoxy) is 1. The van der Waals surface area contributed by atoms with E-state index in [0.29, 0.717) is 5.92 Å². The Morgan fingerprint density at radius 1 is 0.704 bits per heavy atom. The van der Waals surface area contributed by atoms with E-state index >= 15 is 0 Å². The summed E-state index contributed by atoms with van der Waals surface area (Å²) in [6.07, 6.45) is 0. The van der Waals surface area contributed by atoms with E-state index in [1.165, 1.54) is 5.56 Å². The van der Waals surface area contributed by atoms with Crippen molar-refractivity contribution in [1.29, 1.82) is 0 Å². The summed E-state index contributed by atoms with van der Waals surface area (Å²) in [5, 5.41) is 0. The minimum atomic E-state index is -1.07. The molecule has 0 aliphatic carbocycles. The topological polar surface area (TPSA) is 27.7 Å². The second-order valence-electron chi connectivity index (χ2n) is 7.59. The highest BCUT2D eigenvalue weighted by Crippen LogP contribution is 2.62. The molecule has 0 radical (unpaired) electrons. The van der Waals surface area contributed by atoms with E-state index in [1.54, 1.807) is 0 Å². The Balaban J connectivity index is 1.81. The van der Waals surface area contributed by atoms with Crippen molar-refractivity contribution in [1.82, 2.24) is 0 Å². The minimum absolute atomic E-state index is 0.00966. The van der Waals surface area contributed by atoms with Crippen LogP contribution in [0.4, 0.5) is 0 Å². The fraction of sp³-hybridized carbons (Fsp3) is 0.250. The molecule has 3 aromatic carbocycles. The Hall–Kier alpha value is -2.46. The third-order valence-electron chi connectivity index (χ3n) is 5.63. The average molecular weight is 358 g/mol. The molecule has 3 atom stereocenters. The standard InChI is InChI=1S/C24H22O3/c1-17(2)22-20-15-9-10-16-21(20)23(18-11-5-3-6-12-18)25-24(22,27-26-23)19-13-7-4-8-14-19/h3-17,22H,1-2H3/t22?,23-,24+/m1/s1. The molecular weight excluding hydrogens is 336 g/mol. The fourth-order valence-corrected chi connectivity index (χ4v) is 4.53. The smallest absolute Gasteiger partial charge is 0.257 e. The van der Waals surface area contributed by atoms with Crippen LogP contribution in [0.25, 0.3) is 0 Å². The van der Waals surface area contributed by atoms with Gasteiger partial charge >= 0.3 is 0 Å². The lowest BCUT2D eigenvalue weighted by atomic mass is 9.72. The molecule has 3 nitrogen and oxygen atoms in total. The molecule has 3 aromatic rings. The van der Waals surface area contributed by atoms with E-state index < -0.39 is 11.6 Å². The zero-order valence-electron chi connectivity index (χ0n) is 15.5. The molecule has 27 heavy (non-hydrogen) atoms. The Bertz CT molecular complexity index is 954. The lowest BCUT2D eigenvalue weighted by Gasteiger charge is -2.43. The van der Waals surface area contributed by atoms with Gasteiger partial charge < -0.3 is 0 Å². The summed E-state index contributed by atoms with van der Waals surface area (Å²) in [7, 11) is 0. The first-order chi connectivity index (χ1) is 13.2. The molecule has 2 heterocycles.